The molecule has 1 aliphatic heterocycles. The SMILES string of the molecule is NC(N)=NN1CCOCC1.c1cncnc1. The first kappa shape index (κ1) is 12.2. The van der Waals surface area contributed by atoms with Crippen LogP contribution in [0.15, 0.2) is 29.9 Å². The zero-order valence-corrected chi connectivity index (χ0v) is 8.99. The highest BCUT2D eigenvalue weighted by Gasteiger charge is 2.06. The third-order valence-corrected chi connectivity index (χ3v) is 1.72. The fourth-order valence-corrected chi connectivity index (χ4v) is 1.07. The van der Waals surface area contributed by atoms with Crippen LogP contribution in [0.3, 0.4) is 0 Å². The molecule has 7 nitrogen and oxygen atoms in total. The molecular weight excluding hydrogens is 208 g/mol. The van der Waals surface area contributed by atoms with Crippen LogP contribution in [0.1, 0.15) is 0 Å². The molecule has 1 fully saturated rings. The van der Waals surface area contributed by atoms with E-state index in [1.54, 1.807) is 23.5 Å². The number of rotatable bonds is 1. The van der Waals surface area contributed by atoms with Crippen LogP contribution in [-0.4, -0.2) is 47.2 Å². The van der Waals surface area contributed by atoms with Crippen LogP contribution in [0.25, 0.3) is 0 Å². The summed E-state index contributed by atoms with van der Waals surface area (Å²) in [6.07, 6.45) is 4.88. The Morgan fingerprint density at radius 1 is 1.19 bits per heavy atom. The number of nitrogens with two attached hydrogens (primary N) is 2. The third kappa shape index (κ3) is 5.76. The van der Waals surface area contributed by atoms with Crippen molar-refractivity contribution in [3.63, 3.8) is 0 Å². The number of morpholine rings is 1. The molecule has 7 heteroatoms. The number of guanidine groups is 1. The summed E-state index contributed by atoms with van der Waals surface area (Å²) in [4.78, 5) is 7.35. The van der Waals surface area contributed by atoms with Crippen LogP contribution >= 0.6 is 0 Å². The molecular formula is C9H16N6O. The van der Waals surface area contributed by atoms with Crippen LogP contribution in [-0.2, 0) is 4.74 Å². The van der Waals surface area contributed by atoms with E-state index in [0.717, 1.165) is 13.1 Å². The van der Waals surface area contributed by atoms with Crippen molar-refractivity contribution < 1.29 is 4.74 Å². The molecule has 0 bridgehead atoms. The summed E-state index contributed by atoms with van der Waals surface area (Å²) in [6, 6.07) is 1.78. The van der Waals surface area contributed by atoms with Gasteiger partial charge in [0.05, 0.1) is 26.3 Å². The largest absolute Gasteiger partial charge is 0.378 e. The highest BCUT2D eigenvalue weighted by atomic mass is 16.5. The molecule has 0 aliphatic carbocycles. The van der Waals surface area contributed by atoms with Crippen LogP contribution in [0.4, 0.5) is 0 Å². The van der Waals surface area contributed by atoms with Gasteiger partial charge < -0.3 is 16.2 Å². The van der Waals surface area contributed by atoms with E-state index in [0.29, 0.717) is 13.2 Å². The molecule has 88 valence electrons. The second kappa shape index (κ2) is 7.41. The highest BCUT2D eigenvalue weighted by molar-refractivity contribution is 5.75. The van der Waals surface area contributed by atoms with Crippen molar-refractivity contribution in [2.45, 2.75) is 0 Å². The average Bonchev–Trinajstić information content (AvgIpc) is 2.32. The standard InChI is InChI=1S/C5H12N4O.C4H4N2/c6-5(7)8-9-1-3-10-4-2-9;1-2-5-4-6-3-1/h1-4H2,(H4,6,7,8);1-4H. The van der Waals surface area contributed by atoms with E-state index in [-0.39, 0.29) is 5.96 Å². The summed E-state index contributed by atoms with van der Waals surface area (Å²) in [5.74, 6) is 0.113. The molecule has 0 atom stereocenters. The molecule has 2 heterocycles. The summed E-state index contributed by atoms with van der Waals surface area (Å²) in [7, 11) is 0. The van der Waals surface area contributed by atoms with Crippen molar-refractivity contribution >= 4 is 5.96 Å². The third-order valence-electron chi connectivity index (χ3n) is 1.72. The van der Waals surface area contributed by atoms with Gasteiger partial charge in [0.1, 0.15) is 6.33 Å². The molecule has 2 rings (SSSR count). The molecule has 1 aromatic heterocycles. The first-order valence-electron chi connectivity index (χ1n) is 4.91. The predicted octanol–water partition coefficient (Wildman–Crippen LogP) is -1.02. The van der Waals surface area contributed by atoms with Gasteiger partial charge in [0.2, 0.25) is 5.96 Å². The minimum absolute atomic E-state index is 0.113. The topological polar surface area (TPSA) is 103 Å². The summed E-state index contributed by atoms with van der Waals surface area (Å²) >= 11 is 0. The lowest BCUT2D eigenvalue weighted by molar-refractivity contribution is 0.0392. The van der Waals surface area contributed by atoms with E-state index in [2.05, 4.69) is 15.1 Å². The Morgan fingerprint density at radius 3 is 2.19 bits per heavy atom. The van der Waals surface area contributed by atoms with Crippen molar-refractivity contribution in [2.75, 3.05) is 26.3 Å². The van der Waals surface area contributed by atoms with Crippen LogP contribution in [0, 0.1) is 0 Å². The molecule has 0 amide bonds. The second-order valence-corrected chi connectivity index (χ2v) is 3.00. The predicted molar refractivity (Wildman–Crippen MR) is 60.2 cm³/mol. The number of aromatic nitrogens is 2. The molecule has 0 aromatic carbocycles. The van der Waals surface area contributed by atoms with E-state index in [9.17, 15) is 0 Å². The molecule has 1 aromatic rings. The molecule has 16 heavy (non-hydrogen) atoms. The van der Waals surface area contributed by atoms with E-state index in [1.807, 2.05) is 0 Å². The quantitative estimate of drug-likeness (QED) is 0.467. The number of hydrogen-bond donors (Lipinski definition) is 2. The van der Waals surface area contributed by atoms with Gasteiger partial charge >= 0.3 is 0 Å². The summed E-state index contributed by atoms with van der Waals surface area (Å²) < 4.78 is 5.09. The zero-order valence-electron chi connectivity index (χ0n) is 8.99. The molecule has 1 saturated heterocycles. The molecule has 0 radical (unpaired) electrons. The maximum atomic E-state index is 5.17. The lowest BCUT2D eigenvalue weighted by atomic mass is 10.5. The molecule has 0 unspecified atom stereocenters. The van der Waals surface area contributed by atoms with Gasteiger partial charge in [-0.05, 0) is 6.07 Å². The molecule has 0 saturated carbocycles. The molecule has 0 spiro atoms. The fraction of sp³-hybridized carbons (Fsp3) is 0.444. The van der Waals surface area contributed by atoms with Gasteiger partial charge in [-0.25, -0.2) is 9.97 Å². The lowest BCUT2D eigenvalue weighted by Crippen LogP contribution is -2.36. The summed E-state index contributed by atoms with van der Waals surface area (Å²) in [5.41, 5.74) is 10.3. The van der Waals surface area contributed by atoms with Crippen molar-refractivity contribution in [3.05, 3.63) is 24.8 Å². The van der Waals surface area contributed by atoms with Crippen molar-refractivity contribution in [1.82, 2.24) is 15.0 Å². The monoisotopic (exact) mass is 224 g/mol. The normalized spacial score (nSPS) is 14.6. The molecule has 1 aliphatic rings. The van der Waals surface area contributed by atoms with Gasteiger partial charge in [-0.3, -0.25) is 5.01 Å². The van der Waals surface area contributed by atoms with Gasteiger partial charge in [-0.15, -0.1) is 5.10 Å². The number of nitrogens with zero attached hydrogens (tertiary/aromatic N) is 4. The van der Waals surface area contributed by atoms with Gasteiger partial charge in [0.15, 0.2) is 0 Å². The number of ether oxygens (including phenoxy) is 1. The Morgan fingerprint density at radius 2 is 1.81 bits per heavy atom. The second-order valence-electron chi connectivity index (χ2n) is 3.00. The van der Waals surface area contributed by atoms with E-state index >= 15 is 0 Å². The maximum absolute atomic E-state index is 5.17. The highest BCUT2D eigenvalue weighted by Crippen LogP contribution is 1.95. The van der Waals surface area contributed by atoms with Crippen molar-refractivity contribution in [3.8, 4) is 0 Å². The fourth-order valence-electron chi connectivity index (χ4n) is 1.07. The average molecular weight is 224 g/mol. The Balaban J connectivity index is 0.000000181. The van der Waals surface area contributed by atoms with Gasteiger partial charge in [-0.2, -0.15) is 0 Å². The first-order valence-corrected chi connectivity index (χ1v) is 4.91. The lowest BCUT2D eigenvalue weighted by Gasteiger charge is -2.23. The Hall–Kier alpha value is -1.89. The van der Waals surface area contributed by atoms with E-state index in [4.69, 9.17) is 16.2 Å². The number of hydrogen-bond acceptors (Lipinski definition) is 5. The Kier molecular flexibility index (Phi) is 5.64. The minimum atomic E-state index is 0.113. The minimum Gasteiger partial charge on any atom is -0.378 e. The van der Waals surface area contributed by atoms with E-state index in [1.165, 1.54) is 6.33 Å². The maximum Gasteiger partial charge on any atom is 0.208 e. The van der Waals surface area contributed by atoms with Gasteiger partial charge in [0.25, 0.3) is 0 Å². The Labute approximate surface area is 94.1 Å². The van der Waals surface area contributed by atoms with Crippen LogP contribution in [0.2, 0.25) is 0 Å². The summed E-state index contributed by atoms with van der Waals surface area (Å²) in [6.45, 7) is 2.96. The molecule has 4 N–H and O–H groups in total. The zero-order chi connectivity index (χ0) is 11.6. The van der Waals surface area contributed by atoms with Crippen LogP contribution < -0.4 is 11.5 Å². The van der Waals surface area contributed by atoms with Crippen LogP contribution in [0.5, 0.6) is 0 Å². The van der Waals surface area contributed by atoms with Crippen molar-refractivity contribution in [2.24, 2.45) is 16.6 Å². The van der Waals surface area contributed by atoms with Crippen molar-refractivity contribution in [1.29, 1.82) is 0 Å². The smallest absolute Gasteiger partial charge is 0.208 e. The number of hydrazone groups is 1. The van der Waals surface area contributed by atoms with E-state index < -0.39 is 0 Å². The summed E-state index contributed by atoms with van der Waals surface area (Å²) in [5, 5.41) is 5.67. The first-order chi connectivity index (χ1) is 7.79. The van der Waals surface area contributed by atoms with Gasteiger partial charge in [-0.1, -0.05) is 0 Å². The van der Waals surface area contributed by atoms with Gasteiger partial charge in [0, 0.05) is 12.4 Å². The Bertz CT molecular complexity index is 267.